The van der Waals surface area contributed by atoms with E-state index in [0.717, 1.165) is 16.5 Å². The summed E-state index contributed by atoms with van der Waals surface area (Å²) in [5.74, 6) is 0.949. The lowest BCUT2D eigenvalue weighted by atomic mass is 9.94. The van der Waals surface area contributed by atoms with Crippen LogP contribution in [0.1, 0.15) is 10.4 Å². The van der Waals surface area contributed by atoms with Crippen LogP contribution >= 0.6 is 15.9 Å². The highest BCUT2D eigenvalue weighted by Gasteiger charge is 2.21. The largest absolute Gasteiger partial charge is 0.454 e. The number of para-hydroxylation sites is 2. The summed E-state index contributed by atoms with van der Waals surface area (Å²) in [4.78, 5) is 22.2. The number of aromatic nitrogens is 2. The lowest BCUT2D eigenvalue weighted by Crippen LogP contribution is -2.13. The van der Waals surface area contributed by atoms with E-state index in [-0.39, 0.29) is 6.79 Å². The van der Waals surface area contributed by atoms with Gasteiger partial charge in [0.25, 0.3) is 0 Å². The Morgan fingerprint density at radius 3 is 2.50 bits per heavy atom. The van der Waals surface area contributed by atoms with E-state index in [1.54, 1.807) is 18.2 Å². The van der Waals surface area contributed by atoms with E-state index in [1.807, 2.05) is 38.2 Å². The molecular weight excluding hydrogens is 423 g/mol. The third-order valence-electron chi connectivity index (χ3n) is 4.52. The molecule has 8 heteroatoms. The SMILES string of the molecule is Bc1cc(Br)c(OC(=O)c2ccc3c(c2)OCO3)c2nc3ccccc3nc12. The molecule has 0 amide bonds. The number of fused-ring (bicyclic) bond motifs is 3. The van der Waals surface area contributed by atoms with E-state index in [4.69, 9.17) is 19.2 Å². The standard InChI is InChI=1S/C20H12BBrN2O4/c21-11-8-12(22)19(18-17(11)23-13-3-1-2-4-14(13)24-18)28-20(25)10-5-6-15-16(7-10)27-9-26-15/h1-8H,9,21H2. The molecule has 4 aromatic rings. The number of hydrogen-bond acceptors (Lipinski definition) is 6. The van der Waals surface area contributed by atoms with Crippen LogP contribution in [0.4, 0.5) is 0 Å². The molecule has 0 saturated carbocycles. The van der Waals surface area contributed by atoms with Crippen molar-refractivity contribution in [3.8, 4) is 17.2 Å². The maximum Gasteiger partial charge on any atom is 0.343 e. The summed E-state index contributed by atoms with van der Waals surface area (Å²) in [5.41, 5.74) is 4.03. The van der Waals surface area contributed by atoms with Gasteiger partial charge in [-0.2, -0.15) is 0 Å². The van der Waals surface area contributed by atoms with Crippen LogP contribution in [-0.2, 0) is 0 Å². The van der Waals surface area contributed by atoms with Crippen molar-refractivity contribution in [2.45, 2.75) is 0 Å². The molecule has 136 valence electrons. The molecule has 0 radical (unpaired) electrons. The van der Waals surface area contributed by atoms with Crippen LogP contribution in [0.15, 0.2) is 53.0 Å². The van der Waals surface area contributed by atoms with Crippen molar-refractivity contribution in [1.29, 1.82) is 0 Å². The Hall–Kier alpha value is -3.13. The molecule has 6 nitrogen and oxygen atoms in total. The molecule has 28 heavy (non-hydrogen) atoms. The molecule has 1 aliphatic heterocycles. The quantitative estimate of drug-likeness (QED) is 0.209. The van der Waals surface area contributed by atoms with E-state index in [0.29, 0.717) is 38.3 Å². The fourth-order valence-electron chi connectivity index (χ4n) is 3.14. The predicted molar refractivity (Wildman–Crippen MR) is 110 cm³/mol. The Bertz CT molecular complexity index is 1280. The molecule has 0 spiro atoms. The summed E-state index contributed by atoms with van der Waals surface area (Å²) in [6, 6.07) is 14.4. The summed E-state index contributed by atoms with van der Waals surface area (Å²) in [5, 5.41) is 0. The zero-order valence-electron chi connectivity index (χ0n) is 14.7. The minimum atomic E-state index is -0.515. The molecular formula is C20H12BBrN2O4. The average molecular weight is 435 g/mol. The molecule has 1 aliphatic rings. The van der Waals surface area contributed by atoms with Gasteiger partial charge in [0.1, 0.15) is 13.4 Å². The molecule has 0 saturated heterocycles. The number of halogens is 1. The van der Waals surface area contributed by atoms with Crippen LogP contribution < -0.4 is 19.7 Å². The molecule has 0 unspecified atom stereocenters. The van der Waals surface area contributed by atoms with Crippen LogP contribution in [0.3, 0.4) is 0 Å². The molecule has 0 aliphatic carbocycles. The highest BCUT2D eigenvalue weighted by molar-refractivity contribution is 9.10. The van der Waals surface area contributed by atoms with Gasteiger partial charge >= 0.3 is 5.97 Å². The summed E-state index contributed by atoms with van der Waals surface area (Å²) in [7, 11) is 1.94. The van der Waals surface area contributed by atoms with Gasteiger partial charge in [0.15, 0.2) is 17.2 Å². The number of ether oxygens (including phenoxy) is 3. The Morgan fingerprint density at radius 2 is 1.71 bits per heavy atom. The number of rotatable bonds is 2. The monoisotopic (exact) mass is 434 g/mol. The number of carbonyl (C=O) groups excluding carboxylic acids is 1. The van der Waals surface area contributed by atoms with E-state index in [1.165, 1.54) is 0 Å². The zero-order chi connectivity index (χ0) is 19.3. The first-order chi connectivity index (χ1) is 13.6. The van der Waals surface area contributed by atoms with Crippen molar-refractivity contribution in [2.24, 2.45) is 0 Å². The fourth-order valence-corrected chi connectivity index (χ4v) is 3.75. The Labute approximate surface area is 169 Å². The van der Waals surface area contributed by atoms with Crippen molar-refractivity contribution < 1.29 is 19.0 Å². The molecule has 0 N–H and O–H groups in total. The number of esters is 1. The van der Waals surface area contributed by atoms with Crippen molar-refractivity contribution in [3.63, 3.8) is 0 Å². The first kappa shape index (κ1) is 17.0. The van der Waals surface area contributed by atoms with E-state index in [9.17, 15) is 4.79 Å². The first-order valence-corrected chi connectivity index (χ1v) is 9.37. The zero-order valence-corrected chi connectivity index (χ0v) is 16.3. The van der Waals surface area contributed by atoms with Gasteiger partial charge in [-0.1, -0.05) is 17.6 Å². The number of hydrogen-bond donors (Lipinski definition) is 0. The number of nitrogens with zero attached hydrogens (tertiary/aromatic N) is 2. The molecule has 2 heterocycles. The van der Waals surface area contributed by atoms with Crippen LogP contribution in [0.5, 0.6) is 17.2 Å². The van der Waals surface area contributed by atoms with Gasteiger partial charge in [-0.05, 0) is 52.3 Å². The van der Waals surface area contributed by atoms with Crippen molar-refractivity contribution in [2.75, 3.05) is 6.79 Å². The fraction of sp³-hybridized carbons (Fsp3) is 0.0500. The molecule has 3 aromatic carbocycles. The van der Waals surface area contributed by atoms with Crippen molar-refractivity contribution >= 4 is 57.3 Å². The third-order valence-corrected chi connectivity index (χ3v) is 5.11. The second kappa shape index (κ2) is 6.49. The second-order valence-electron chi connectivity index (χ2n) is 6.37. The van der Waals surface area contributed by atoms with Gasteiger partial charge in [-0.25, -0.2) is 14.8 Å². The minimum Gasteiger partial charge on any atom is -0.454 e. The Morgan fingerprint density at radius 1 is 1.00 bits per heavy atom. The van der Waals surface area contributed by atoms with E-state index < -0.39 is 5.97 Å². The summed E-state index contributed by atoms with van der Waals surface area (Å²) in [6.07, 6.45) is 0. The normalized spacial score (nSPS) is 12.5. The average Bonchev–Trinajstić information content (AvgIpc) is 3.17. The summed E-state index contributed by atoms with van der Waals surface area (Å²) in [6.45, 7) is 0.143. The van der Waals surface area contributed by atoms with Gasteiger partial charge in [-0.15, -0.1) is 0 Å². The first-order valence-electron chi connectivity index (χ1n) is 8.57. The Balaban J connectivity index is 1.61. The van der Waals surface area contributed by atoms with Crippen LogP contribution in [0, 0.1) is 0 Å². The predicted octanol–water partition coefficient (Wildman–Crippen LogP) is 2.75. The smallest absolute Gasteiger partial charge is 0.343 e. The summed E-state index contributed by atoms with van der Waals surface area (Å²) >= 11 is 3.49. The van der Waals surface area contributed by atoms with Crippen molar-refractivity contribution in [1.82, 2.24) is 9.97 Å². The maximum atomic E-state index is 12.8. The van der Waals surface area contributed by atoms with Gasteiger partial charge in [-0.3, -0.25) is 0 Å². The lowest BCUT2D eigenvalue weighted by Gasteiger charge is -2.12. The second-order valence-corrected chi connectivity index (χ2v) is 7.23. The van der Waals surface area contributed by atoms with Crippen LogP contribution in [-0.4, -0.2) is 30.6 Å². The molecule has 0 fully saturated rings. The van der Waals surface area contributed by atoms with Gasteiger partial charge in [0, 0.05) is 0 Å². The molecule has 0 bridgehead atoms. The topological polar surface area (TPSA) is 70.5 Å². The Kier molecular flexibility index (Phi) is 3.94. The van der Waals surface area contributed by atoms with Crippen LogP contribution in [0.2, 0.25) is 0 Å². The highest BCUT2D eigenvalue weighted by atomic mass is 79.9. The third kappa shape index (κ3) is 2.77. The van der Waals surface area contributed by atoms with Crippen molar-refractivity contribution in [3.05, 3.63) is 58.6 Å². The number of carbonyl (C=O) groups is 1. The lowest BCUT2D eigenvalue weighted by molar-refractivity contribution is 0.0735. The number of benzene rings is 3. The molecule has 1 aromatic heterocycles. The minimum absolute atomic E-state index is 0.143. The van der Waals surface area contributed by atoms with E-state index in [2.05, 4.69) is 20.9 Å². The molecule has 0 atom stereocenters. The summed E-state index contributed by atoms with van der Waals surface area (Å²) < 4.78 is 17.0. The van der Waals surface area contributed by atoms with Crippen LogP contribution in [0.25, 0.3) is 22.1 Å². The highest BCUT2D eigenvalue weighted by Crippen LogP contribution is 2.35. The van der Waals surface area contributed by atoms with Gasteiger partial charge < -0.3 is 14.2 Å². The molecule has 5 rings (SSSR count). The van der Waals surface area contributed by atoms with E-state index >= 15 is 0 Å². The van der Waals surface area contributed by atoms with Gasteiger partial charge in [0.2, 0.25) is 6.79 Å². The van der Waals surface area contributed by atoms with Gasteiger partial charge in [0.05, 0.1) is 26.6 Å². The maximum absolute atomic E-state index is 12.8.